The minimum absolute atomic E-state index is 0.0393. The van der Waals surface area contributed by atoms with Crippen LogP contribution in [0.3, 0.4) is 0 Å². The Labute approximate surface area is 149 Å². The van der Waals surface area contributed by atoms with Crippen molar-refractivity contribution in [2.24, 2.45) is 34.5 Å². The molecule has 4 nitrogen and oxygen atoms in total. The molecule has 1 saturated heterocycles. The van der Waals surface area contributed by atoms with E-state index in [9.17, 15) is 14.7 Å². The zero-order valence-corrected chi connectivity index (χ0v) is 15.6. The number of fused-ring (bicyclic) bond motifs is 7. The molecule has 9 atom stereocenters. The van der Waals surface area contributed by atoms with Gasteiger partial charge in [-0.15, -0.1) is 0 Å². The smallest absolute Gasteiger partial charge is 0.164 e. The number of Topliss-reactive ketones (excluding diaryl/α,β-unsaturated/α-hetero) is 2. The average Bonchev–Trinajstić information content (AvgIpc) is 3.22. The summed E-state index contributed by atoms with van der Waals surface area (Å²) in [7, 11) is 0. The second-order valence-corrected chi connectivity index (χ2v) is 10.2. The van der Waals surface area contributed by atoms with Crippen molar-refractivity contribution in [1.29, 1.82) is 0 Å². The molecule has 1 aliphatic heterocycles. The summed E-state index contributed by atoms with van der Waals surface area (Å²) >= 11 is 0. The van der Waals surface area contributed by atoms with Crippen LogP contribution in [-0.4, -0.2) is 34.5 Å². The third-order valence-corrected chi connectivity index (χ3v) is 9.28. The normalized spacial score (nSPS) is 59.4. The Morgan fingerprint density at radius 2 is 1.96 bits per heavy atom. The number of hydrogen-bond acceptors (Lipinski definition) is 4. The SMILES string of the molecule is CC(=O)[C@@]12OC1C[C@H]1[C@@H]3CCC4CC(O)CC[C@]4(C)[C@H]3C(=O)C[C@@]12C. The predicted molar refractivity (Wildman–Crippen MR) is 91.8 cm³/mol. The van der Waals surface area contributed by atoms with Crippen molar-refractivity contribution in [3.8, 4) is 0 Å². The molecule has 4 aliphatic carbocycles. The van der Waals surface area contributed by atoms with E-state index >= 15 is 0 Å². The maximum atomic E-state index is 13.4. The zero-order chi connectivity index (χ0) is 17.8. The predicted octanol–water partition coefficient (Wildman–Crippen LogP) is 2.91. The largest absolute Gasteiger partial charge is 0.393 e. The van der Waals surface area contributed by atoms with E-state index in [0.717, 1.165) is 38.5 Å². The van der Waals surface area contributed by atoms with Gasteiger partial charge in [0.05, 0.1) is 12.2 Å². The van der Waals surface area contributed by atoms with Gasteiger partial charge in [-0.25, -0.2) is 0 Å². The number of carbonyl (C=O) groups excluding carboxylic acids is 2. The fourth-order valence-electron chi connectivity index (χ4n) is 8.11. The highest BCUT2D eigenvalue weighted by Gasteiger charge is 2.80. The molecular formula is C21H30O4. The van der Waals surface area contributed by atoms with Crippen LogP contribution in [0.25, 0.3) is 0 Å². The molecule has 0 aromatic carbocycles. The van der Waals surface area contributed by atoms with Gasteiger partial charge in [-0.1, -0.05) is 13.8 Å². The van der Waals surface area contributed by atoms with E-state index in [1.165, 1.54) is 0 Å². The lowest BCUT2D eigenvalue weighted by molar-refractivity contribution is -0.168. The van der Waals surface area contributed by atoms with Crippen molar-refractivity contribution in [3.05, 3.63) is 0 Å². The van der Waals surface area contributed by atoms with Gasteiger partial charge in [0.15, 0.2) is 11.4 Å². The Bertz CT molecular complexity index is 658. The minimum Gasteiger partial charge on any atom is -0.393 e. The van der Waals surface area contributed by atoms with Gasteiger partial charge in [0.25, 0.3) is 0 Å². The first-order valence-corrected chi connectivity index (χ1v) is 10.1. The first-order chi connectivity index (χ1) is 11.7. The van der Waals surface area contributed by atoms with Crippen molar-refractivity contribution < 1.29 is 19.4 Å². The lowest BCUT2D eigenvalue weighted by Crippen LogP contribution is -2.60. The van der Waals surface area contributed by atoms with E-state index in [-0.39, 0.29) is 34.7 Å². The third-order valence-electron chi connectivity index (χ3n) is 9.28. The molecule has 0 aromatic rings. The van der Waals surface area contributed by atoms with Crippen LogP contribution < -0.4 is 0 Å². The summed E-state index contributed by atoms with van der Waals surface area (Å²) in [5.74, 6) is 1.91. The van der Waals surface area contributed by atoms with Crippen molar-refractivity contribution >= 4 is 11.6 Å². The number of epoxide rings is 1. The summed E-state index contributed by atoms with van der Waals surface area (Å²) in [5.41, 5.74) is -0.935. The van der Waals surface area contributed by atoms with Gasteiger partial charge in [-0.05, 0) is 68.6 Å². The lowest BCUT2D eigenvalue weighted by Gasteiger charge is -2.60. The van der Waals surface area contributed by atoms with Crippen molar-refractivity contribution in [3.63, 3.8) is 0 Å². The Balaban J connectivity index is 1.53. The van der Waals surface area contributed by atoms with Gasteiger partial charge in [0.2, 0.25) is 0 Å². The van der Waals surface area contributed by atoms with E-state index in [4.69, 9.17) is 4.74 Å². The summed E-state index contributed by atoms with van der Waals surface area (Å²) < 4.78 is 5.91. The average molecular weight is 346 g/mol. The molecule has 0 bridgehead atoms. The van der Waals surface area contributed by atoms with Crippen molar-refractivity contribution in [2.45, 2.75) is 83.5 Å². The summed E-state index contributed by atoms with van der Waals surface area (Å²) in [6.45, 7) is 6.11. The van der Waals surface area contributed by atoms with Crippen LogP contribution in [0.4, 0.5) is 0 Å². The number of rotatable bonds is 1. The maximum absolute atomic E-state index is 13.4. The van der Waals surface area contributed by atoms with Gasteiger partial charge in [0.1, 0.15) is 5.78 Å². The Kier molecular flexibility index (Phi) is 3.12. The topological polar surface area (TPSA) is 66.9 Å². The highest BCUT2D eigenvalue weighted by Crippen LogP contribution is 2.73. The minimum atomic E-state index is -0.668. The molecule has 0 aromatic heterocycles. The molecule has 0 amide bonds. The molecule has 1 heterocycles. The Morgan fingerprint density at radius 1 is 1.20 bits per heavy atom. The van der Waals surface area contributed by atoms with Gasteiger partial charge < -0.3 is 9.84 Å². The molecule has 4 saturated carbocycles. The molecule has 0 radical (unpaired) electrons. The van der Waals surface area contributed by atoms with Crippen LogP contribution in [0, 0.1) is 34.5 Å². The molecule has 4 heteroatoms. The second-order valence-electron chi connectivity index (χ2n) is 10.2. The summed E-state index contributed by atoms with van der Waals surface area (Å²) in [5, 5.41) is 10.1. The Hall–Kier alpha value is -0.740. The molecule has 5 aliphatic rings. The van der Waals surface area contributed by atoms with E-state index in [2.05, 4.69) is 13.8 Å². The van der Waals surface area contributed by atoms with E-state index in [1.54, 1.807) is 6.92 Å². The van der Waals surface area contributed by atoms with E-state index < -0.39 is 5.60 Å². The molecule has 3 unspecified atom stereocenters. The molecular weight excluding hydrogens is 316 g/mol. The molecule has 5 fully saturated rings. The van der Waals surface area contributed by atoms with Crippen molar-refractivity contribution in [2.75, 3.05) is 0 Å². The highest BCUT2D eigenvalue weighted by molar-refractivity contribution is 5.93. The van der Waals surface area contributed by atoms with Gasteiger partial charge in [0, 0.05) is 17.8 Å². The van der Waals surface area contributed by atoms with E-state index in [0.29, 0.717) is 30.0 Å². The summed E-state index contributed by atoms with van der Waals surface area (Å²) in [6.07, 6.45) is 6.16. The van der Waals surface area contributed by atoms with Crippen LogP contribution in [0.2, 0.25) is 0 Å². The van der Waals surface area contributed by atoms with Crippen LogP contribution >= 0.6 is 0 Å². The standard InChI is InChI=1S/C21H30O4/c1-11(22)21-17(25-21)9-15-14-5-4-12-8-13(23)6-7-19(12,2)18(14)16(24)10-20(15,21)3/h12-15,17-18,23H,4-10H2,1-3H3/t12?,13?,14-,15-,17?,18+,19-,20-,21+/m0/s1. The highest BCUT2D eigenvalue weighted by atomic mass is 16.6. The number of aliphatic hydroxyl groups excluding tert-OH is 1. The third kappa shape index (κ3) is 1.76. The maximum Gasteiger partial charge on any atom is 0.164 e. The van der Waals surface area contributed by atoms with Crippen LogP contribution in [0.15, 0.2) is 0 Å². The molecule has 25 heavy (non-hydrogen) atoms. The zero-order valence-electron chi connectivity index (χ0n) is 15.6. The molecule has 0 spiro atoms. The first kappa shape index (κ1) is 16.4. The Morgan fingerprint density at radius 3 is 2.68 bits per heavy atom. The lowest BCUT2D eigenvalue weighted by atomic mass is 9.44. The number of aliphatic hydroxyl groups is 1. The van der Waals surface area contributed by atoms with E-state index in [1.807, 2.05) is 0 Å². The molecule has 138 valence electrons. The number of hydrogen-bond donors (Lipinski definition) is 1. The fourth-order valence-corrected chi connectivity index (χ4v) is 8.11. The summed E-state index contributed by atoms with van der Waals surface area (Å²) in [6, 6.07) is 0. The van der Waals surface area contributed by atoms with Gasteiger partial charge in [-0.2, -0.15) is 0 Å². The quantitative estimate of drug-likeness (QED) is 0.741. The number of ketones is 2. The van der Waals surface area contributed by atoms with Gasteiger partial charge >= 0.3 is 0 Å². The van der Waals surface area contributed by atoms with Gasteiger partial charge in [-0.3, -0.25) is 9.59 Å². The molecule has 5 rings (SSSR count). The monoisotopic (exact) mass is 346 g/mol. The van der Waals surface area contributed by atoms with Crippen LogP contribution in [0.5, 0.6) is 0 Å². The number of carbonyl (C=O) groups is 2. The van der Waals surface area contributed by atoms with Crippen LogP contribution in [-0.2, 0) is 14.3 Å². The van der Waals surface area contributed by atoms with Crippen molar-refractivity contribution in [1.82, 2.24) is 0 Å². The van der Waals surface area contributed by atoms with Crippen LogP contribution in [0.1, 0.15) is 65.7 Å². The fraction of sp³-hybridized carbons (Fsp3) is 0.905. The molecule has 1 N–H and O–H groups in total. The number of ether oxygens (including phenoxy) is 1. The summed E-state index contributed by atoms with van der Waals surface area (Å²) in [4.78, 5) is 25.8. The first-order valence-electron chi connectivity index (χ1n) is 10.1. The second kappa shape index (κ2) is 4.75.